The maximum absolute atomic E-state index is 11.7. The number of hydrogen-bond acceptors (Lipinski definition) is 10. The van der Waals surface area contributed by atoms with Crippen LogP contribution in [0, 0.1) is 0 Å². The van der Waals surface area contributed by atoms with Gasteiger partial charge in [-0.15, -0.1) is 0 Å². The smallest absolute Gasteiger partial charge is 0.383 e. The summed E-state index contributed by atoms with van der Waals surface area (Å²) < 4.78 is 30.5. The zero-order valence-corrected chi connectivity index (χ0v) is 15.2. The normalized spacial score (nSPS) is 23.5. The minimum atomic E-state index is -4.94. The molecule has 16 heteroatoms. The van der Waals surface area contributed by atoms with Gasteiger partial charge >= 0.3 is 30.7 Å². The highest BCUT2D eigenvalue weighted by atomic mass is 31.3. The summed E-state index contributed by atoms with van der Waals surface area (Å²) in [7, 11) is -10.6. The molecular formula is C9H16N3O10P3. The Morgan fingerprint density at radius 3 is 2.76 bits per heavy atom. The van der Waals surface area contributed by atoms with E-state index in [1.807, 2.05) is 0 Å². The molecule has 4 unspecified atom stereocenters. The number of ether oxygens (including phenoxy) is 1. The standard InChI is InChI=1S/C9H16N3O10P3/c10-7-3-4-12(9(13)11-7)8-2-1-6(20-8)5-19-23(14)21-24(15)22-25(16,17)18/h3-4,6,8,14-15H,1-2,5H2,(H2,10,11,13)(H2,16,17,18). The van der Waals surface area contributed by atoms with E-state index in [9.17, 15) is 14.3 Å². The van der Waals surface area contributed by atoms with E-state index in [1.54, 1.807) is 0 Å². The zero-order chi connectivity index (χ0) is 18.6. The van der Waals surface area contributed by atoms with E-state index in [4.69, 9.17) is 29.7 Å². The van der Waals surface area contributed by atoms with Crippen molar-refractivity contribution in [2.75, 3.05) is 12.3 Å². The van der Waals surface area contributed by atoms with Crippen molar-refractivity contribution in [3.63, 3.8) is 0 Å². The zero-order valence-electron chi connectivity index (χ0n) is 12.5. The first kappa shape index (κ1) is 20.8. The first-order chi connectivity index (χ1) is 11.6. The molecule has 4 atom stereocenters. The van der Waals surface area contributed by atoms with Crippen LogP contribution in [0.3, 0.4) is 0 Å². The molecule has 1 aromatic heterocycles. The molecule has 1 saturated heterocycles. The van der Waals surface area contributed by atoms with Crippen molar-refractivity contribution < 1.29 is 42.0 Å². The van der Waals surface area contributed by atoms with E-state index < -0.39 is 43.0 Å². The number of anilines is 1. The summed E-state index contributed by atoms with van der Waals surface area (Å²) in [5.74, 6) is 0.0974. The van der Waals surface area contributed by atoms with E-state index in [0.29, 0.717) is 12.8 Å². The van der Waals surface area contributed by atoms with E-state index in [0.717, 1.165) is 0 Å². The lowest BCUT2D eigenvalue weighted by molar-refractivity contribution is -0.0213. The highest BCUT2D eigenvalue weighted by Gasteiger charge is 2.30. The minimum Gasteiger partial charge on any atom is -0.383 e. The van der Waals surface area contributed by atoms with Gasteiger partial charge in [-0.1, -0.05) is 0 Å². The van der Waals surface area contributed by atoms with Crippen LogP contribution in [0.25, 0.3) is 0 Å². The Hall–Kier alpha value is -0.550. The Morgan fingerprint density at radius 2 is 2.12 bits per heavy atom. The molecule has 1 fully saturated rings. The van der Waals surface area contributed by atoms with E-state index in [2.05, 4.69) is 13.6 Å². The molecule has 13 nitrogen and oxygen atoms in total. The number of nitrogens with two attached hydrogens (primary N) is 1. The Kier molecular flexibility index (Phi) is 7.39. The first-order valence-electron chi connectivity index (χ1n) is 6.68. The first-order valence-corrected chi connectivity index (χ1v) is 10.5. The maximum atomic E-state index is 11.7. The lowest BCUT2D eigenvalue weighted by Gasteiger charge is -2.18. The molecule has 2 rings (SSSR count). The molecule has 142 valence electrons. The maximum Gasteiger partial charge on any atom is 0.476 e. The van der Waals surface area contributed by atoms with E-state index >= 15 is 0 Å². The summed E-state index contributed by atoms with van der Waals surface area (Å²) in [6.07, 6.45) is 1.43. The van der Waals surface area contributed by atoms with Gasteiger partial charge < -0.3 is 34.6 Å². The summed E-state index contributed by atoms with van der Waals surface area (Å²) in [6, 6.07) is 1.46. The van der Waals surface area contributed by atoms with Crippen LogP contribution in [-0.4, -0.2) is 41.8 Å². The van der Waals surface area contributed by atoms with Crippen LogP contribution in [0.1, 0.15) is 19.1 Å². The number of nitrogen functional groups attached to an aromatic ring is 1. The highest BCUT2D eigenvalue weighted by Crippen LogP contribution is 2.58. The van der Waals surface area contributed by atoms with Gasteiger partial charge in [0.2, 0.25) is 0 Å². The average Bonchev–Trinajstić information content (AvgIpc) is 2.91. The summed E-state index contributed by atoms with van der Waals surface area (Å²) >= 11 is 0. The second kappa shape index (κ2) is 8.90. The fraction of sp³-hybridized carbons (Fsp3) is 0.556. The van der Waals surface area contributed by atoms with Crippen LogP contribution in [0.5, 0.6) is 0 Å². The molecule has 1 aromatic rings. The third-order valence-electron chi connectivity index (χ3n) is 2.93. The third kappa shape index (κ3) is 6.93. The molecule has 1 aliphatic heterocycles. The van der Waals surface area contributed by atoms with Gasteiger partial charge in [-0.3, -0.25) is 4.57 Å². The van der Waals surface area contributed by atoms with Gasteiger partial charge in [0.15, 0.2) is 0 Å². The van der Waals surface area contributed by atoms with Crippen LogP contribution in [0.2, 0.25) is 0 Å². The van der Waals surface area contributed by atoms with Crippen molar-refractivity contribution >= 4 is 30.8 Å². The fourth-order valence-corrected chi connectivity index (χ4v) is 4.07. The van der Waals surface area contributed by atoms with Crippen molar-refractivity contribution in [1.29, 1.82) is 0 Å². The minimum absolute atomic E-state index is 0.0974. The second-order valence-corrected chi connectivity index (χ2v) is 8.25. The Morgan fingerprint density at radius 1 is 1.40 bits per heavy atom. The molecule has 0 radical (unpaired) electrons. The predicted molar refractivity (Wildman–Crippen MR) is 84.5 cm³/mol. The summed E-state index contributed by atoms with van der Waals surface area (Å²) in [6.45, 7) is -0.130. The Bertz CT molecular complexity index is 683. The molecule has 0 aliphatic carbocycles. The van der Waals surface area contributed by atoms with Gasteiger partial charge in [0.25, 0.3) is 0 Å². The molecule has 0 saturated carbocycles. The molecule has 0 spiro atoms. The van der Waals surface area contributed by atoms with Crippen molar-refractivity contribution in [3.8, 4) is 0 Å². The van der Waals surface area contributed by atoms with Crippen molar-refractivity contribution in [1.82, 2.24) is 9.55 Å². The fourth-order valence-electron chi connectivity index (χ4n) is 2.00. The highest BCUT2D eigenvalue weighted by molar-refractivity contribution is 7.62. The van der Waals surface area contributed by atoms with Crippen LogP contribution < -0.4 is 11.4 Å². The molecule has 1 aliphatic rings. The van der Waals surface area contributed by atoms with Crippen LogP contribution >= 0.6 is 25.0 Å². The van der Waals surface area contributed by atoms with Crippen LogP contribution in [0.15, 0.2) is 17.1 Å². The van der Waals surface area contributed by atoms with Gasteiger partial charge in [0.1, 0.15) is 12.0 Å². The molecule has 2 heterocycles. The lowest BCUT2D eigenvalue weighted by Crippen LogP contribution is -2.27. The number of nitrogens with zero attached hydrogens (tertiary/aromatic N) is 2. The number of aromatic nitrogens is 2. The monoisotopic (exact) mass is 419 g/mol. The molecule has 0 amide bonds. The third-order valence-corrected chi connectivity index (χ3v) is 5.83. The second-order valence-electron chi connectivity index (χ2n) is 4.76. The van der Waals surface area contributed by atoms with Crippen molar-refractivity contribution in [2.45, 2.75) is 25.2 Å². The van der Waals surface area contributed by atoms with Crippen LogP contribution in [0.4, 0.5) is 5.82 Å². The van der Waals surface area contributed by atoms with E-state index in [1.165, 1.54) is 16.8 Å². The topological polar surface area (TPSA) is 196 Å². The molecule has 6 N–H and O–H groups in total. The largest absolute Gasteiger partial charge is 0.476 e. The van der Waals surface area contributed by atoms with Crippen molar-refractivity contribution in [2.24, 2.45) is 0 Å². The van der Waals surface area contributed by atoms with E-state index in [-0.39, 0.29) is 12.4 Å². The van der Waals surface area contributed by atoms with Gasteiger partial charge in [-0.05, 0) is 18.9 Å². The molecule has 0 aromatic carbocycles. The molecule has 0 bridgehead atoms. The Labute approximate surface area is 143 Å². The SMILES string of the molecule is Nc1ccn(C2CCC(COP(O)OP(O)OP(=O)(O)O)O2)c(=O)n1. The van der Waals surface area contributed by atoms with Crippen molar-refractivity contribution in [3.05, 3.63) is 22.7 Å². The Balaban J connectivity index is 1.77. The van der Waals surface area contributed by atoms with Gasteiger partial charge in [-0.2, -0.15) is 4.98 Å². The number of phosphoric acid groups is 1. The van der Waals surface area contributed by atoms with Gasteiger partial charge in [0.05, 0.1) is 12.7 Å². The summed E-state index contributed by atoms with van der Waals surface area (Å²) in [5.41, 5.74) is 4.85. The molecular weight excluding hydrogens is 403 g/mol. The molecule has 25 heavy (non-hydrogen) atoms. The summed E-state index contributed by atoms with van der Waals surface area (Å²) in [4.78, 5) is 50.8. The predicted octanol–water partition coefficient (Wildman–Crippen LogP) is 0.0840. The van der Waals surface area contributed by atoms with Gasteiger partial charge in [0, 0.05) is 6.20 Å². The average molecular weight is 419 g/mol. The number of hydrogen-bond donors (Lipinski definition) is 5. The van der Waals surface area contributed by atoms with Crippen LogP contribution in [-0.2, 0) is 22.4 Å². The van der Waals surface area contributed by atoms with Gasteiger partial charge in [-0.25, -0.2) is 18.0 Å². The summed E-state index contributed by atoms with van der Waals surface area (Å²) in [5, 5.41) is 0. The lowest BCUT2D eigenvalue weighted by atomic mass is 10.2. The number of rotatable bonds is 8. The quantitative estimate of drug-likeness (QED) is 0.357.